The molecule has 2 unspecified atom stereocenters. The van der Waals surface area contributed by atoms with Gasteiger partial charge in [0.1, 0.15) is 11.9 Å². The summed E-state index contributed by atoms with van der Waals surface area (Å²) in [5, 5.41) is 10.1. The minimum absolute atomic E-state index is 0.0884. The lowest BCUT2D eigenvalue weighted by Gasteiger charge is -2.36. The van der Waals surface area contributed by atoms with Crippen LogP contribution in [0.2, 0.25) is 0 Å². The van der Waals surface area contributed by atoms with Gasteiger partial charge in [0.2, 0.25) is 0 Å². The van der Waals surface area contributed by atoms with Gasteiger partial charge in [-0.25, -0.2) is 0 Å². The van der Waals surface area contributed by atoms with Crippen molar-refractivity contribution in [2.45, 2.75) is 12.0 Å². The highest BCUT2D eigenvalue weighted by molar-refractivity contribution is 6.12. The molecule has 1 heterocycles. The molecular formula is C46H30O. The van der Waals surface area contributed by atoms with Gasteiger partial charge in [0, 0.05) is 16.9 Å². The monoisotopic (exact) mass is 598 g/mol. The van der Waals surface area contributed by atoms with E-state index in [0.717, 1.165) is 5.75 Å². The fourth-order valence-electron chi connectivity index (χ4n) is 7.94. The number of benzene rings is 8. The van der Waals surface area contributed by atoms with E-state index >= 15 is 0 Å². The van der Waals surface area contributed by atoms with Crippen molar-refractivity contribution in [3.05, 3.63) is 181 Å². The lowest BCUT2D eigenvalue weighted by Crippen LogP contribution is -2.30. The zero-order chi connectivity index (χ0) is 30.9. The largest absolute Gasteiger partial charge is 0.484 e. The first-order valence-electron chi connectivity index (χ1n) is 16.4. The van der Waals surface area contributed by atoms with Crippen molar-refractivity contribution in [3.63, 3.8) is 0 Å². The number of rotatable bonds is 3. The van der Waals surface area contributed by atoms with Crippen LogP contribution in [0.1, 0.15) is 17.0 Å². The van der Waals surface area contributed by atoms with Crippen molar-refractivity contribution in [3.8, 4) is 28.0 Å². The van der Waals surface area contributed by atoms with Gasteiger partial charge >= 0.3 is 0 Å². The van der Waals surface area contributed by atoms with E-state index in [-0.39, 0.29) is 12.0 Å². The standard InChI is InChI=1S/C46H30O/c1-3-15-37-29(9-1)21-22-36-27-33(23-24-39(36)37)31-12-5-11-30(25-31)32-13-6-14-34(26-32)40-17-7-20-43-42-19-8-18-41-38-16-4-2-10-35(38)28-44(45(41)42)47-46(40)43/h1-28,43,46H. The van der Waals surface area contributed by atoms with Crippen molar-refractivity contribution in [1.82, 2.24) is 0 Å². The van der Waals surface area contributed by atoms with Gasteiger partial charge in [-0.15, -0.1) is 0 Å². The quantitative estimate of drug-likeness (QED) is 0.184. The number of hydrogen-bond acceptors (Lipinski definition) is 1. The van der Waals surface area contributed by atoms with Crippen molar-refractivity contribution >= 4 is 48.7 Å². The summed E-state index contributed by atoms with van der Waals surface area (Å²) >= 11 is 0. The van der Waals surface area contributed by atoms with E-state index in [1.807, 2.05) is 0 Å². The molecule has 220 valence electrons. The first-order chi connectivity index (χ1) is 23.3. The zero-order valence-electron chi connectivity index (χ0n) is 25.7. The van der Waals surface area contributed by atoms with E-state index in [2.05, 4.69) is 170 Å². The summed E-state index contributed by atoms with van der Waals surface area (Å²) < 4.78 is 6.95. The molecule has 1 aliphatic carbocycles. The molecule has 0 amide bonds. The molecule has 10 rings (SSSR count). The summed E-state index contributed by atoms with van der Waals surface area (Å²) in [6.07, 6.45) is 6.66. The van der Waals surface area contributed by atoms with E-state index in [4.69, 9.17) is 4.74 Å². The van der Waals surface area contributed by atoms with E-state index in [1.165, 1.54) is 82.0 Å². The fraction of sp³-hybridized carbons (Fsp3) is 0.0435. The molecule has 2 atom stereocenters. The second-order valence-corrected chi connectivity index (χ2v) is 12.8. The predicted octanol–water partition coefficient (Wildman–Crippen LogP) is 12.1. The summed E-state index contributed by atoms with van der Waals surface area (Å²) in [6, 6.07) is 55.4. The number of fused-ring (bicyclic) bond motifs is 7. The Hall–Kier alpha value is -5.92. The Balaban J connectivity index is 1.02. The number of allylic oxidation sites excluding steroid dienone is 2. The third kappa shape index (κ3) is 4.17. The Morgan fingerprint density at radius 3 is 1.85 bits per heavy atom. The third-order valence-corrected chi connectivity index (χ3v) is 10.2. The van der Waals surface area contributed by atoms with Crippen LogP contribution in [-0.2, 0) is 0 Å². The molecule has 8 aromatic rings. The molecule has 1 nitrogen and oxygen atoms in total. The van der Waals surface area contributed by atoms with Crippen molar-refractivity contribution < 1.29 is 4.74 Å². The minimum Gasteiger partial charge on any atom is -0.484 e. The summed E-state index contributed by atoms with van der Waals surface area (Å²) in [5.41, 5.74) is 8.60. The molecule has 0 aromatic heterocycles. The molecule has 0 saturated carbocycles. The molecule has 0 fully saturated rings. The van der Waals surface area contributed by atoms with Crippen LogP contribution in [0.3, 0.4) is 0 Å². The van der Waals surface area contributed by atoms with Crippen LogP contribution in [-0.4, -0.2) is 6.10 Å². The average molecular weight is 599 g/mol. The Labute approximate surface area is 273 Å². The highest BCUT2D eigenvalue weighted by Gasteiger charge is 2.35. The fourth-order valence-corrected chi connectivity index (χ4v) is 7.94. The Morgan fingerprint density at radius 1 is 0.426 bits per heavy atom. The molecule has 0 spiro atoms. The first-order valence-corrected chi connectivity index (χ1v) is 16.4. The topological polar surface area (TPSA) is 9.23 Å². The van der Waals surface area contributed by atoms with Crippen molar-refractivity contribution in [1.29, 1.82) is 0 Å². The Bertz CT molecular complexity index is 2620. The van der Waals surface area contributed by atoms with E-state index in [1.54, 1.807) is 0 Å². The van der Waals surface area contributed by atoms with Crippen LogP contribution in [0, 0.1) is 0 Å². The maximum Gasteiger partial charge on any atom is 0.135 e. The van der Waals surface area contributed by atoms with Gasteiger partial charge in [0.15, 0.2) is 0 Å². The lowest BCUT2D eigenvalue weighted by molar-refractivity contribution is 0.236. The van der Waals surface area contributed by atoms with Crippen LogP contribution in [0.25, 0.3) is 70.9 Å². The highest BCUT2D eigenvalue weighted by Crippen LogP contribution is 2.48. The van der Waals surface area contributed by atoms with Gasteiger partial charge in [-0.2, -0.15) is 0 Å². The number of hydrogen-bond donors (Lipinski definition) is 0. The molecule has 1 aliphatic heterocycles. The summed E-state index contributed by atoms with van der Waals surface area (Å²) in [5.74, 6) is 1.13. The van der Waals surface area contributed by atoms with Crippen LogP contribution in [0.5, 0.6) is 5.75 Å². The smallest absolute Gasteiger partial charge is 0.135 e. The molecule has 0 saturated heterocycles. The van der Waals surface area contributed by atoms with E-state index < -0.39 is 0 Å². The predicted molar refractivity (Wildman–Crippen MR) is 198 cm³/mol. The molecule has 1 heteroatoms. The van der Waals surface area contributed by atoms with Crippen LogP contribution >= 0.6 is 0 Å². The van der Waals surface area contributed by atoms with Gasteiger partial charge in [0.05, 0.1) is 0 Å². The van der Waals surface area contributed by atoms with Crippen LogP contribution in [0.15, 0.2) is 170 Å². The normalized spacial score (nSPS) is 16.7. The second-order valence-electron chi connectivity index (χ2n) is 12.8. The molecule has 0 radical (unpaired) electrons. The van der Waals surface area contributed by atoms with Crippen LogP contribution in [0.4, 0.5) is 0 Å². The molecule has 0 N–H and O–H groups in total. The van der Waals surface area contributed by atoms with Crippen molar-refractivity contribution in [2.75, 3.05) is 0 Å². The molecule has 8 aromatic carbocycles. The van der Waals surface area contributed by atoms with Gasteiger partial charge in [0.25, 0.3) is 0 Å². The van der Waals surface area contributed by atoms with Crippen molar-refractivity contribution in [2.24, 2.45) is 0 Å². The highest BCUT2D eigenvalue weighted by atomic mass is 16.5. The second kappa shape index (κ2) is 10.3. The van der Waals surface area contributed by atoms with E-state index in [0.29, 0.717) is 0 Å². The maximum absolute atomic E-state index is 6.95. The summed E-state index contributed by atoms with van der Waals surface area (Å²) in [7, 11) is 0. The zero-order valence-corrected chi connectivity index (χ0v) is 25.7. The Kier molecular flexibility index (Phi) is 5.77. The van der Waals surface area contributed by atoms with Gasteiger partial charge in [-0.3, -0.25) is 0 Å². The lowest BCUT2D eigenvalue weighted by atomic mass is 9.78. The summed E-state index contributed by atoms with van der Waals surface area (Å²) in [6.45, 7) is 0. The summed E-state index contributed by atoms with van der Waals surface area (Å²) in [4.78, 5) is 0. The minimum atomic E-state index is -0.0884. The molecule has 47 heavy (non-hydrogen) atoms. The number of ether oxygens (including phenoxy) is 1. The maximum atomic E-state index is 6.95. The van der Waals surface area contributed by atoms with Gasteiger partial charge in [-0.05, 0) is 95.3 Å². The van der Waals surface area contributed by atoms with E-state index in [9.17, 15) is 0 Å². The SMILES string of the molecule is C1=CC2c3cccc4c3c(cc3ccccc34)OC2C(c2cccc(-c3cccc(-c4ccc5c(ccc6ccccc65)c4)c3)c2)=C1. The molecule has 0 bridgehead atoms. The van der Waals surface area contributed by atoms with Crippen LogP contribution < -0.4 is 4.74 Å². The first kappa shape index (κ1) is 26.3. The molecule has 2 aliphatic rings. The third-order valence-electron chi connectivity index (χ3n) is 10.2. The average Bonchev–Trinajstić information content (AvgIpc) is 3.14. The van der Waals surface area contributed by atoms with Gasteiger partial charge in [-0.1, -0.05) is 146 Å². The Morgan fingerprint density at radius 2 is 1.02 bits per heavy atom. The molecular weight excluding hydrogens is 569 g/mol. The van der Waals surface area contributed by atoms with Gasteiger partial charge < -0.3 is 4.74 Å².